The molecule has 6 nitrogen and oxygen atoms in total. The number of fused-ring (bicyclic) bond motifs is 1. The van der Waals surface area contributed by atoms with E-state index in [1.54, 1.807) is 6.92 Å². The van der Waals surface area contributed by atoms with E-state index in [1.165, 1.54) is 18.2 Å². The smallest absolute Gasteiger partial charge is 0.414 e. The molecular weight excluding hydrogens is 507 g/mol. The van der Waals surface area contributed by atoms with Crippen LogP contribution in [-0.4, -0.2) is 42.2 Å². The third kappa shape index (κ3) is 6.47. The van der Waals surface area contributed by atoms with Gasteiger partial charge in [0, 0.05) is 29.3 Å². The summed E-state index contributed by atoms with van der Waals surface area (Å²) in [5.74, 6) is -1.42. The molecule has 0 spiro atoms. The van der Waals surface area contributed by atoms with Crippen LogP contribution in [0.2, 0.25) is 10.0 Å². The molecule has 0 fully saturated rings. The highest BCUT2D eigenvalue weighted by Gasteiger charge is 2.21. The molecule has 184 valence electrons. The van der Waals surface area contributed by atoms with Crippen molar-refractivity contribution in [2.45, 2.75) is 33.3 Å². The van der Waals surface area contributed by atoms with Crippen LogP contribution in [0.4, 0.5) is 13.6 Å². The Labute approximate surface area is 210 Å². The van der Waals surface area contributed by atoms with Crippen LogP contribution in [0.15, 0.2) is 24.3 Å². The molecule has 0 aliphatic heterocycles. The lowest BCUT2D eigenvalue weighted by Crippen LogP contribution is -2.31. The van der Waals surface area contributed by atoms with Crippen molar-refractivity contribution >= 4 is 50.8 Å². The van der Waals surface area contributed by atoms with Gasteiger partial charge in [-0.3, -0.25) is 0 Å². The van der Waals surface area contributed by atoms with Gasteiger partial charge in [-0.15, -0.1) is 0 Å². The Hall–Kier alpha value is -2.20. The second-order valence-corrected chi connectivity index (χ2v) is 9.22. The van der Waals surface area contributed by atoms with Gasteiger partial charge in [-0.25, -0.2) is 18.6 Å². The highest BCUT2D eigenvalue weighted by Crippen LogP contribution is 2.38. The zero-order valence-corrected chi connectivity index (χ0v) is 21.3. The number of carbonyl (C=O) groups is 1. The number of nitrogens with one attached hydrogen (secondary N) is 1. The van der Waals surface area contributed by atoms with E-state index in [0.29, 0.717) is 16.8 Å². The molecule has 3 aromatic rings. The zero-order valence-electron chi connectivity index (χ0n) is 19.0. The van der Waals surface area contributed by atoms with E-state index in [9.17, 15) is 13.6 Å². The molecule has 0 radical (unpaired) electrons. The quantitative estimate of drug-likeness (QED) is 0.229. The van der Waals surface area contributed by atoms with Crippen molar-refractivity contribution in [3.8, 4) is 10.9 Å². The normalized spacial score (nSPS) is 12.2. The maximum absolute atomic E-state index is 14.7. The molecule has 0 bridgehead atoms. The zero-order chi connectivity index (χ0) is 24.8. The average molecular weight is 532 g/mol. The molecule has 11 heteroatoms. The van der Waals surface area contributed by atoms with Crippen LogP contribution in [-0.2, 0) is 0 Å². The first-order valence-corrected chi connectivity index (χ1v) is 12.4. The van der Waals surface area contributed by atoms with Gasteiger partial charge in [0.25, 0.3) is 5.19 Å². The van der Waals surface area contributed by atoms with E-state index in [2.05, 4.69) is 29.0 Å². The fourth-order valence-electron chi connectivity index (χ4n) is 3.36. The second kappa shape index (κ2) is 12.0. The summed E-state index contributed by atoms with van der Waals surface area (Å²) in [6.07, 6.45) is -0.659. The first-order valence-electron chi connectivity index (χ1n) is 10.8. The maximum atomic E-state index is 14.7. The van der Waals surface area contributed by atoms with Crippen LogP contribution in [0, 0.1) is 11.6 Å². The number of benzene rings is 2. The van der Waals surface area contributed by atoms with Crippen molar-refractivity contribution in [3.63, 3.8) is 0 Å². The van der Waals surface area contributed by atoms with Gasteiger partial charge in [0.05, 0.1) is 15.2 Å². The molecular formula is C23H25Cl2F2N3O3S. The molecule has 0 saturated carbocycles. The fourth-order valence-corrected chi connectivity index (χ4v) is 4.86. The van der Waals surface area contributed by atoms with Crippen LogP contribution < -0.4 is 14.8 Å². The fraction of sp³-hybridized carbons (Fsp3) is 0.391. The molecule has 2 aromatic carbocycles. The molecule has 3 rings (SSSR count). The van der Waals surface area contributed by atoms with Crippen molar-refractivity contribution in [2.24, 2.45) is 0 Å². The molecule has 1 N–H and O–H groups in total. The summed E-state index contributed by atoms with van der Waals surface area (Å²) >= 11 is 13.2. The van der Waals surface area contributed by atoms with Crippen LogP contribution >= 0.6 is 34.5 Å². The average Bonchev–Trinajstić information content (AvgIpc) is 3.17. The predicted octanol–water partition coefficient (Wildman–Crippen LogP) is 6.84. The number of halogens is 4. The summed E-state index contributed by atoms with van der Waals surface area (Å²) in [5, 5.41) is 2.79. The van der Waals surface area contributed by atoms with Crippen molar-refractivity contribution in [1.29, 1.82) is 0 Å². The van der Waals surface area contributed by atoms with Crippen LogP contribution in [0.25, 0.3) is 10.2 Å². The summed E-state index contributed by atoms with van der Waals surface area (Å²) in [4.78, 5) is 18.5. The number of carbonyl (C=O) groups excluding carboxylic acids is 1. The molecule has 1 heterocycles. The monoisotopic (exact) mass is 531 g/mol. The summed E-state index contributed by atoms with van der Waals surface area (Å²) in [6.45, 7) is 9.01. The SMILES string of the molecule is CCN(CC)CCCNC(=O)Oc1nc2cc(F)c(OC(C)c3c(Cl)ccc(F)c3Cl)cc2s1. The highest BCUT2D eigenvalue weighted by atomic mass is 35.5. The topological polar surface area (TPSA) is 63.7 Å². The van der Waals surface area contributed by atoms with Gasteiger partial charge in [0.15, 0.2) is 11.6 Å². The van der Waals surface area contributed by atoms with E-state index in [-0.39, 0.29) is 26.6 Å². The Balaban J connectivity index is 1.66. The summed E-state index contributed by atoms with van der Waals surface area (Å²) in [6, 6.07) is 5.12. The molecule has 1 unspecified atom stereocenters. The summed E-state index contributed by atoms with van der Waals surface area (Å²) in [5.41, 5.74) is 0.530. The largest absolute Gasteiger partial charge is 0.483 e. The van der Waals surface area contributed by atoms with Gasteiger partial charge in [0.1, 0.15) is 11.9 Å². The lowest BCUT2D eigenvalue weighted by atomic mass is 10.1. The third-order valence-electron chi connectivity index (χ3n) is 5.21. The van der Waals surface area contributed by atoms with Gasteiger partial charge in [-0.2, -0.15) is 0 Å². The Kier molecular flexibility index (Phi) is 9.30. The van der Waals surface area contributed by atoms with E-state index in [0.717, 1.165) is 43.5 Å². The molecule has 1 aromatic heterocycles. The lowest BCUT2D eigenvalue weighted by molar-refractivity contribution is 0.199. The van der Waals surface area contributed by atoms with E-state index < -0.39 is 23.8 Å². The van der Waals surface area contributed by atoms with Crippen molar-refractivity contribution in [3.05, 3.63) is 51.5 Å². The molecule has 1 atom stereocenters. The number of amides is 1. The first kappa shape index (κ1) is 26.4. The van der Waals surface area contributed by atoms with E-state index in [1.807, 2.05) is 0 Å². The minimum Gasteiger partial charge on any atom is -0.483 e. The molecule has 34 heavy (non-hydrogen) atoms. The maximum Gasteiger partial charge on any atom is 0.414 e. The van der Waals surface area contributed by atoms with Crippen molar-refractivity contribution < 1.29 is 23.0 Å². The molecule has 0 aliphatic rings. The Morgan fingerprint density at radius 3 is 2.65 bits per heavy atom. The third-order valence-corrected chi connectivity index (χ3v) is 6.82. The van der Waals surface area contributed by atoms with E-state index in [4.69, 9.17) is 32.7 Å². The van der Waals surface area contributed by atoms with Gasteiger partial charge in [-0.05, 0) is 45.1 Å². The first-order chi connectivity index (χ1) is 16.2. The summed E-state index contributed by atoms with van der Waals surface area (Å²) < 4.78 is 40.0. The van der Waals surface area contributed by atoms with Crippen LogP contribution in [0.3, 0.4) is 0 Å². The highest BCUT2D eigenvalue weighted by molar-refractivity contribution is 7.20. The number of hydrogen-bond donors (Lipinski definition) is 1. The van der Waals surface area contributed by atoms with Gasteiger partial charge >= 0.3 is 6.09 Å². The number of nitrogens with zero attached hydrogens (tertiary/aromatic N) is 2. The molecule has 1 amide bonds. The predicted molar refractivity (Wildman–Crippen MR) is 131 cm³/mol. The number of thiazole rings is 1. The van der Waals surface area contributed by atoms with Gasteiger partial charge in [0.2, 0.25) is 0 Å². The Bertz CT molecular complexity index is 1160. The van der Waals surface area contributed by atoms with Crippen LogP contribution in [0.5, 0.6) is 10.9 Å². The summed E-state index contributed by atoms with van der Waals surface area (Å²) in [7, 11) is 0. The molecule has 0 saturated heterocycles. The second-order valence-electron chi connectivity index (χ2n) is 7.44. The molecule has 0 aliphatic carbocycles. The number of rotatable bonds is 10. The Morgan fingerprint density at radius 2 is 1.94 bits per heavy atom. The number of ether oxygens (including phenoxy) is 2. The standard InChI is InChI=1S/C23H25Cl2F2N3O3S/c1-4-30(5-2)10-6-9-28-22(31)33-23-29-17-11-16(27)18(12-19(17)34-23)32-13(3)20-14(24)7-8-15(26)21(20)25/h7-8,11-13H,4-6,9-10H2,1-3H3,(H,28,31). The van der Waals surface area contributed by atoms with E-state index >= 15 is 0 Å². The lowest BCUT2D eigenvalue weighted by Gasteiger charge is -2.18. The van der Waals surface area contributed by atoms with Crippen molar-refractivity contribution in [1.82, 2.24) is 15.2 Å². The minimum absolute atomic E-state index is 0.0806. The van der Waals surface area contributed by atoms with Crippen LogP contribution in [0.1, 0.15) is 38.9 Å². The Morgan fingerprint density at radius 1 is 1.21 bits per heavy atom. The number of aromatic nitrogens is 1. The minimum atomic E-state index is -0.826. The van der Waals surface area contributed by atoms with Gasteiger partial charge in [-0.1, -0.05) is 48.4 Å². The van der Waals surface area contributed by atoms with Crippen molar-refractivity contribution in [2.75, 3.05) is 26.2 Å². The number of hydrogen-bond acceptors (Lipinski definition) is 6. The van der Waals surface area contributed by atoms with Gasteiger partial charge < -0.3 is 19.7 Å².